The lowest BCUT2D eigenvalue weighted by atomic mass is 10.0. The maximum absolute atomic E-state index is 8.78. The van der Waals surface area contributed by atoms with Crippen LogP contribution in [0.25, 0.3) is 0 Å². The van der Waals surface area contributed by atoms with Crippen molar-refractivity contribution in [2.24, 2.45) is 5.73 Å². The number of unbranched alkanes of at least 4 members (excludes halogenated alkanes) is 13. The summed E-state index contributed by atoms with van der Waals surface area (Å²) in [5.74, 6) is 0. The first-order valence-corrected chi connectivity index (χ1v) is 8.63. The highest BCUT2D eigenvalue weighted by atomic mass is 16.4. The van der Waals surface area contributed by atoms with Gasteiger partial charge in [-0.25, -0.2) is 4.79 Å². The Kier molecular flexibility index (Phi) is 22.2. The number of carbonyl (C=O) groups is 1. The van der Waals surface area contributed by atoms with E-state index in [1.165, 1.54) is 89.9 Å². The molecule has 0 aliphatic rings. The largest absolute Gasteiger partial charge is 0.465 e. The molecular weight excluding hydrogens is 250 g/mol. The van der Waals surface area contributed by atoms with Crippen LogP contribution in [0.4, 0.5) is 4.79 Å². The van der Waals surface area contributed by atoms with Gasteiger partial charge in [0.25, 0.3) is 0 Å². The highest BCUT2D eigenvalue weighted by molar-refractivity contribution is 5.61. The second-order valence-corrected chi connectivity index (χ2v) is 5.58. The standard InChI is InChI=1S/C16H34.CH3NO2/c1-3-5-7-9-11-13-15-16-14-12-10-8-6-4-2;2-1(3)4/h3-16H2,1-2H3;2H2,(H,3,4). The maximum Gasteiger partial charge on any atom is 0.402 e. The van der Waals surface area contributed by atoms with E-state index in [1.54, 1.807) is 0 Å². The normalized spacial score (nSPS) is 9.90. The average molecular weight is 287 g/mol. The summed E-state index contributed by atoms with van der Waals surface area (Å²) < 4.78 is 0. The van der Waals surface area contributed by atoms with Crippen LogP contribution in [0, 0.1) is 0 Å². The van der Waals surface area contributed by atoms with E-state index in [4.69, 9.17) is 9.90 Å². The van der Waals surface area contributed by atoms with E-state index in [9.17, 15) is 0 Å². The van der Waals surface area contributed by atoms with Crippen LogP contribution >= 0.6 is 0 Å². The number of carboxylic acid groups (broad SMARTS) is 1. The summed E-state index contributed by atoms with van der Waals surface area (Å²) in [6, 6.07) is 0. The molecule has 122 valence electrons. The molecule has 0 fully saturated rings. The van der Waals surface area contributed by atoms with Gasteiger partial charge in [0.15, 0.2) is 0 Å². The molecular formula is C17H37NO2. The van der Waals surface area contributed by atoms with Crippen LogP contribution in [0.5, 0.6) is 0 Å². The molecule has 0 rings (SSSR count). The highest BCUT2D eigenvalue weighted by Gasteiger charge is 1.92. The van der Waals surface area contributed by atoms with Crippen LogP contribution in [-0.2, 0) is 0 Å². The second kappa shape index (κ2) is 20.6. The van der Waals surface area contributed by atoms with Gasteiger partial charge in [-0.3, -0.25) is 0 Å². The van der Waals surface area contributed by atoms with Gasteiger partial charge >= 0.3 is 6.09 Å². The van der Waals surface area contributed by atoms with E-state index in [2.05, 4.69) is 19.6 Å². The van der Waals surface area contributed by atoms with E-state index >= 15 is 0 Å². The molecule has 0 heterocycles. The van der Waals surface area contributed by atoms with E-state index in [0.29, 0.717) is 0 Å². The number of rotatable bonds is 13. The van der Waals surface area contributed by atoms with E-state index < -0.39 is 6.09 Å². The first kappa shape index (κ1) is 21.6. The molecule has 0 unspecified atom stereocenters. The summed E-state index contributed by atoms with van der Waals surface area (Å²) >= 11 is 0. The molecule has 3 nitrogen and oxygen atoms in total. The molecule has 1 amide bonds. The Morgan fingerprint density at radius 3 is 0.950 bits per heavy atom. The van der Waals surface area contributed by atoms with Gasteiger partial charge in [0.05, 0.1) is 0 Å². The van der Waals surface area contributed by atoms with Crippen molar-refractivity contribution < 1.29 is 9.90 Å². The smallest absolute Gasteiger partial charge is 0.402 e. The predicted molar refractivity (Wildman–Crippen MR) is 88.2 cm³/mol. The molecule has 3 heteroatoms. The first-order chi connectivity index (χ1) is 9.65. The molecule has 0 aliphatic heterocycles. The molecule has 0 saturated carbocycles. The van der Waals surface area contributed by atoms with Crippen LogP contribution < -0.4 is 5.73 Å². The number of nitrogens with two attached hydrogens (primary N) is 1. The molecule has 0 aromatic rings. The Balaban J connectivity index is 0. The zero-order valence-corrected chi connectivity index (χ0v) is 13.8. The Morgan fingerprint density at radius 1 is 0.650 bits per heavy atom. The molecule has 0 saturated heterocycles. The van der Waals surface area contributed by atoms with Gasteiger partial charge in [-0.15, -0.1) is 0 Å². The van der Waals surface area contributed by atoms with Crippen molar-refractivity contribution in [2.45, 2.75) is 104 Å². The van der Waals surface area contributed by atoms with Crippen molar-refractivity contribution in [2.75, 3.05) is 0 Å². The van der Waals surface area contributed by atoms with Crippen LogP contribution in [0.3, 0.4) is 0 Å². The summed E-state index contributed by atoms with van der Waals surface area (Å²) in [6.07, 6.45) is 19.1. The van der Waals surface area contributed by atoms with Crippen LogP contribution in [0.15, 0.2) is 0 Å². The lowest BCUT2D eigenvalue weighted by molar-refractivity contribution is 0.205. The van der Waals surface area contributed by atoms with Crippen LogP contribution in [0.1, 0.15) is 104 Å². The number of primary amides is 1. The van der Waals surface area contributed by atoms with Crippen LogP contribution in [-0.4, -0.2) is 11.2 Å². The fraction of sp³-hybridized carbons (Fsp3) is 0.941. The summed E-state index contributed by atoms with van der Waals surface area (Å²) in [5.41, 5.74) is 4.03. The van der Waals surface area contributed by atoms with Crippen molar-refractivity contribution in [3.8, 4) is 0 Å². The summed E-state index contributed by atoms with van der Waals surface area (Å²) in [6.45, 7) is 4.58. The predicted octanol–water partition coefficient (Wildman–Crippen LogP) is 6.11. The lowest BCUT2D eigenvalue weighted by Gasteiger charge is -2.02. The van der Waals surface area contributed by atoms with Crippen molar-refractivity contribution >= 4 is 6.09 Å². The summed E-state index contributed by atoms with van der Waals surface area (Å²) in [7, 11) is 0. The number of amides is 1. The second-order valence-electron chi connectivity index (χ2n) is 5.58. The molecule has 0 aromatic carbocycles. The Bertz CT molecular complexity index is 166. The minimum atomic E-state index is -1.33. The SMILES string of the molecule is CCCCCCCCCCCCCCCC.NC(=O)O. The average Bonchev–Trinajstić information content (AvgIpc) is 2.39. The third-order valence-electron chi connectivity index (χ3n) is 3.46. The third kappa shape index (κ3) is 30.4. The van der Waals surface area contributed by atoms with Gasteiger partial charge in [0.2, 0.25) is 0 Å². The molecule has 0 aliphatic carbocycles. The number of hydrogen-bond donors (Lipinski definition) is 2. The fourth-order valence-corrected chi connectivity index (χ4v) is 2.27. The first-order valence-electron chi connectivity index (χ1n) is 8.63. The molecule has 0 aromatic heterocycles. The zero-order chi connectivity index (χ0) is 15.5. The molecule has 0 radical (unpaired) electrons. The van der Waals surface area contributed by atoms with Crippen molar-refractivity contribution in [3.63, 3.8) is 0 Å². The highest BCUT2D eigenvalue weighted by Crippen LogP contribution is 2.12. The van der Waals surface area contributed by atoms with Crippen molar-refractivity contribution in [1.29, 1.82) is 0 Å². The minimum absolute atomic E-state index is 1.33. The van der Waals surface area contributed by atoms with E-state index in [-0.39, 0.29) is 0 Å². The number of hydrogen-bond acceptors (Lipinski definition) is 1. The maximum atomic E-state index is 8.78. The molecule has 0 spiro atoms. The molecule has 3 N–H and O–H groups in total. The van der Waals surface area contributed by atoms with E-state index in [1.807, 2.05) is 0 Å². The lowest BCUT2D eigenvalue weighted by Crippen LogP contribution is -2.03. The van der Waals surface area contributed by atoms with Gasteiger partial charge in [0, 0.05) is 0 Å². The van der Waals surface area contributed by atoms with Crippen molar-refractivity contribution in [3.05, 3.63) is 0 Å². The minimum Gasteiger partial charge on any atom is -0.465 e. The Morgan fingerprint density at radius 2 is 0.800 bits per heavy atom. The van der Waals surface area contributed by atoms with Gasteiger partial charge in [0.1, 0.15) is 0 Å². The van der Waals surface area contributed by atoms with Gasteiger partial charge in [-0.2, -0.15) is 0 Å². The quantitative estimate of drug-likeness (QED) is 0.401. The van der Waals surface area contributed by atoms with Gasteiger partial charge in [-0.1, -0.05) is 104 Å². The monoisotopic (exact) mass is 287 g/mol. The molecule has 0 atom stereocenters. The Hall–Kier alpha value is -0.730. The van der Waals surface area contributed by atoms with Crippen LogP contribution in [0.2, 0.25) is 0 Å². The molecule has 0 bridgehead atoms. The van der Waals surface area contributed by atoms with Gasteiger partial charge in [-0.05, 0) is 0 Å². The third-order valence-corrected chi connectivity index (χ3v) is 3.46. The van der Waals surface area contributed by atoms with Gasteiger partial charge < -0.3 is 10.8 Å². The Labute approximate surface area is 126 Å². The summed E-state index contributed by atoms with van der Waals surface area (Å²) in [4.78, 5) is 8.78. The van der Waals surface area contributed by atoms with Crippen molar-refractivity contribution in [1.82, 2.24) is 0 Å². The summed E-state index contributed by atoms with van der Waals surface area (Å²) in [5, 5.41) is 7.19. The topological polar surface area (TPSA) is 63.3 Å². The molecule has 20 heavy (non-hydrogen) atoms. The fourth-order valence-electron chi connectivity index (χ4n) is 2.27. The zero-order valence-electron chi connectivity index (χ0n) is 13.8. The van der Waals surface area contributed by atoms with E-state index in [0.717, 1.165) is 0 Å².